The van der Waals surface area contributed by atoms with Crippen molar-refractivity contribution in [2.24, 2.45) is 11.3 Å². The van der Waals surface area contributed by atoms with Crippen molar-refractivity contribution in [1.82, 2.24) is 15.1 Å². The Morgan fingerprint density at radius 1 is 1.24 bits per heavy atom. The van der Waals surface area contributed by atoms with E-state index in [-0.39, 0.29) is 18.5 Å². The van der Waals surface area contributed by atoms with Gasteiger partial charge >= 0.3 is 12.2 Å². The van der Waals surface area contributed by atoms with Gasteiger partial charge in [-0.1, -0.05) is 0 Å². The zero-order chi connectivity index (χ0) is 24.4. The molecule has 2 fully saturated rings. The number of anilines is 1. The van der Waals surface area contributed by atoms with Gasteiger partial charge in [-0.05, 0) is 44.9 Å². The van der Waals surface area contributed by atoms with Gasteiger partial charge in [0.15, 0.2) is 0 Å². The first kappa shape index (κ1) is 24.7. The van der Waals surface area contributed by atoms with Crippen LogP contribution in [0.1, 0.15) is 37.8 Å². The average Bonchev–Trinajstić information content (AvgIpc) is 3.17. The molecule has 1 atom stereocenters. The number of carbonyl (C=O) groups is 2. The number of urea groups is 1. The molecular formula is C23H30F3N5O2. The highest BCUT2D eigenvalue weighted by molar-refractivity contribution is 5.81. The number of nitrogens with one attached hydrogen (secondary N) is 1. The third-order valence-electron chi connectivity index (χ3n) is 7.07. The highest BCUT2D eigenvalue weighted by Gasteiger charge is 2.51. The third kappa shape index (κ3) is 4.72. The number of nitrogens with zero attached hydrogens (tertiary/aromatic N) is 4. The summed E-state index contributed by atoms with van der Waals surface area (Å²) < 4.78 is 40.4. The lowest BCUT2D eigenvalue weighted by atomic mass is 9.70. The lowest BCUT2D eigenvalue weighted by molar-refractivity contribution is -0.137. The second-order valence-electron chi connectivity index (χ2n) is 8.69. The molecule has 0 bridgehead atoms. The van der Waals surface area contributed by atoms with Gasteiger partial charge in [0.05, 0.1) is 23.1 Å². The molecule has 1 N–H and O–H groups in total. The average molecular weight is 466 g/mol. The largest absolute Gasteiger partial charge is 0.417 e. The number of likely N-dealkylation sites (tertiary alicyclic amines) is 1. The van der Waals surface area contributed by atoms with E-state index in [1.54, 1.807) is 27.8 Å². The standard InChI is InChI=1S/C23H30F3N5O2/c1-4-29(5-2)21(33)30-10-8-22(9-11-30)15-31(14-19(22)20(32)28-3)17-7-6-16(13-27)18(12-17)23(24,25)26/h6-7,12,19H,4-5,8-11,14-15H2,1-3H3,(H,28,32). The molecule has 3 amide bonds. The zero-order valence-electron chi connectivity index (χ0n) is 19.2. The Balaban J connectivity index is 1.86. The van der Waals surface area contributed by atoms with Crippen LogP contribution in [0.5, 0.6) is 0 Å². The second-order valence-corrected chi connectivity index (χ2v) is 8.69. The fourth-order valence-corrected chi connectivity index (χ4v) is 5.11. The van der Waals surface area contributed by atoms with E-state index in [0.717, 1.165) is 6.07 Å². The Morgan fingerprint density at radius 2 is 1.88 bits per heavy atom. The maximum absolute atomic E-state index is 13.5. The van der Waals surface area contributed by atoms with Gasteiger partial charge < -0.3 is 20.0 Å². The van der Waals surface area contributed by atoms with Crippen LogP contribution >= 0.6 is 0 Å². The van der Waals surface area contributed by atoms with Gasteiger partial charge in [0.2, 0.25) is 5.91 Å². The van der Waals surface area contributed by atoms with Crippen LogP contribution in [0.2, 0.25) is 0 Å². The fraction of sp³-hybridized carbons (Fsp3) is 0.609. The molecule has 180 valence electrons. The molecule has 2 heterocycles. The Labute approximate surface area is 192 Å². The molecule has 10 heteroatoms. The third-order valence-corrected chi connectivity index (χ3v) is 7.07. The summed E-state index contributed by atoms with van der Waals surface area (Å²) in [5.41, 5.74) is -1.49. The van der Waals surface area contributed by atoms with E-state index in [0.29, 0.717) is 51.3 Å². The monoisotopic (exact) mass is 465 g/mol. The van der Waals surface area contributed by atoms with Crippen LogP contribution in [0, 0.1) is 22.7 Å². The Kier molecular flexibility index (Phi) is 7.10. The van der Waals surface area contributed by atoms with Gasteiger partial charge in [-0.15, -0.1) is 0 Å². The van der Waals surface area contributed by atoms with Gasteiger partial charge in [0.1, 0.15) is 0 Å². The van der Waals surface area contributed by atoms with Crippen molar-refractivity contribution in [2.45, 2.75) is 32.9 Å². The van der Waals surface area contributed by atoms with Crippen LogP contribution in [-0.4, -0.2) is 68.1 Å². The molecule has 1 unspecified atom stereocenters. The fourth-order valence-electron chi connectivity index (χ4n) is 5.11. The van der Waals surface area contributed by atoms with Crippen LogP contribution in [0.25, 0.3) is 0 Å². The molecule has 0 saturated carbocycles. The van der Waals surface area contributed by atoms with E-state index in [9.17, 15) is 22.8 Å². The van der Waals surface area contributed by atoms with Crippen molar-refractivity contribution in [1.29, 1.82) is 5.26 Å². The number of piperidine rings is 1. The number of benzene rings is 1. The minimum Gasteiger partial charge on any atom is -0.370 e. The number of halogens is 3. The minimum absolute atomic E-state index is 0.0249. The van der Waals surface area contributed by atoms with Gasteiger partial charge in [-0.3, -0.25) is 4.79 Å². The summed E-state index contributed by atoms with van der Waals surface area (Å²) >= 11 is 0. The zero-order valence-corrected chi connectivity index (χ0v) is 19.2. The van der Waals surface area contributed by atoms with Crippen molar-refractivity contribution in [3.63, 3.8) is 0 Å². The van der Waals surface area contributed by atoms with E-state index < -0.39 is 28.6 Å². The summed E-state index contributed by atoms with van der Waals surface area (Å²) in [6.45, 7) is 6.79. The Bertz CT molecular complexity index is 931. The molecule has 2 aliphatic heterocycles. The van der Waals surface area contributed by atoms with E-state index in [1.165, 1.54) is 12.1 Å². The number of hydrogen-bond donors (Lipinski definition) is 1. The quantitative estimate of drug-likeness (QED) is 0.740. The highest BCUT2D eigenvalue weighted by atomic mass is 19.4. The number of amides is 3. The lowest BCUT2D eigenvalue weighted by Crippen LogP contribution is -2.52. The number of nitriles is 1. The van der Waals surface area contributed by atoms with Gasteiger partial charge in [0.25, 0.3) is 0 Å². The van der Waals surface area contributed by atoms with Gasteiger partial charge in [0, 0.05) is 57.4 Å². The first-order chi connectivity index (χ1) is 15.6. The first-order valence-corrected chi connectivity index (χ1v) is 11.2. The summed E-state index contributed by atoms with van der Waals surface area (Å²) in [6, 6.07) is 5.27. The van der Waals surface area contributed by atoms with E-state index in [2.05, 4.69) is 5.32 Å². The summed E-state index contributed by atoms with van der Waals surface area (Å²) in [5, 5.41) is 11.8. The maximum Gasteiger partial charge on any atom is 0.417 e. The second kappa shape index (κ2) is 9.49. The molecular weight excluding hydrogens is 435 g/mol. The summed E-state index contributed by atoms with van der Waals surface area (Å²) in [7, 11) is 1.56. The molecule has 33 heavy (non-hydrogen) atoms. The lowest BCUT2D eigenvalue weighted by Gasteiger charge is -2.43. The topological polar surface area (TPSA) is 79.7 Å². The SMILES string of the molecule is CCN(CC)C(=O)N1CCC2(CC1)CN(c1ccc(C#N)c(C(F)(F)F)c1)CC2C(=O)NC. The van der Waals surface area contributed by atoms with Crippen molar-refractivity contribution in [2.75, 3.05) is 51.2 Å². The molecule has 0 radical (unpaired) electrons. The van der Waals surface area contributed by atoms with Crippen LogP contribution in [0.3, 0.4) is 0 Å². The van der Waals surface area contributed by atoms with Crippen molar-refractivity contribution in [3.05, 3.63) is 29.3 Å². The number of alkyl halides is 3. The minimum atomic E-state index is -4.64. The van der Waals surface area contributed by atoms with Crippen LogP contribution in [-0.2, 0) is 11.0 Å². The molecule has 0 aliphatic carbocycles. The molecule has 0 aromatic heterocycles. The van der Waals surface area contributed by atoms with Crippen LogP contribution < -0.4 is 10.2 Å². The first-order valence-electron chi connectivity index (χ1n) is 11.2. The van der Waals surface area contributed by atoms with Gasteiger partial charge in [-0.25, -0.2) is 4.79 Å². The molecule has 1 aromatic carbocycles. The summed E-state index contributed by atoms with van der Waals surface area (Å²) in [4.78, 5) is 30.9. The predicted octanol–water partition coefficient (Wildman–Crippen LogP) is 3.30. The molecule has 7 nitrogen and oxygen atoms in total. The highest BCUT2D eigenvalue weighted by Crippen LogP contribution is 2.47. The Morgan fingerprint density at radius 3 is 2.39 bits per heavy atom. The van der Waals surface area contributed by atoms with Crippen molar-refractivity contribution in [3.8, 4) is 6.07 Å². The maximum atomic E-state index is 13.5. The van der Waals surface area contributed by atoms with Gasteiger partial charge in [-0.2, -0.15) is 18.4 Å². The molecule has 1 aromatic rings. The smallest absolute Gasteiger partial charge is 0.370 e. The number of hydrogen-bond acceptors (Lipinski definition) is 4. The number of carbonyl (C=O) groups excluding carboxylic acids is 2. The predicted molar refractivity (Wildman–Crippen MR) is 117 cm³/mol. The van der Waals surface area contributed by atoms with E-state index >= 15 is 0 Å². The van der Waals surface area contributed by atoms with E-state index in [1.807, 2.05) is 13.8 Å². The molecule has 3 rings (SSSR count). The molecule has 2 aliphatic rings. The normalized spacial score (nSPS) is 20.0. The van der Waals surface area contributed by atoms with Crippen molar-refractivity contribution < 1.29 is 22.8 Å². The molecule has 1 spiro atoms. The number of rotatable bonds is 4. The Hall–Kier alpha value is -2.96. The summed E-state index contributed by atoms with van der Waals surface area (Å²) in [5.74, 6) is -0.552. The van der Waals surface area contributed by atoms with Crippen LogP contribution in [0.15, 0.2) is 18.2 Å². The van der Waals surface area contributed by atoms with Crippen molar-refractivity contribution >= 4 is 17.6 Å². The van der Waals surface area contributed by atoms with Crippen LogP contribution in [0.4, 0.5) is 23.7 Å². The van der Waals surface area contributed by atoms with E-state index in [4.69, 9.17) is 5.26 Å². The molecule has 2 saturated heterocycles. The summed E-state index contributed by atoms with van der Waals surface area (Å²) in [6.07, 6.45) is -3.46.